The summed E-state index contributed by atoms with van der Waals surface area (Å²) in [6.45, 7) is 2.05. The fraction of sp³-hybridized carbons (Fsp3) is 0.583. The van der Waals surface area contributed by atoms with Crippen LogP contribution in [0.15, 0.2) is 15.6 Å². The van der Waals surface area contributed by atoms with Crippen LogP contribution in [0, 0.1) is 5.92 Å². The number of aliphatic imine (C=N–C) groups is 1. The molecule has 0 saturated carbocycles. The number of hydrogen-bond acceptors (Lipinski definition) is 5. The number of nitrogens with two attached hydrogens (primary N) is 1. The number of nitrogens with zero attached hydrogens (tertiary/aromatic N) is 2. The minimum atomic E-state index is -1.10. The topological polar surface area (TPSA) is 148 Å². The van der Waals surface area contributed by atoms with Gasteiger partial charge in [0, 0.05) is 17.1 Å². The van der Waals surface area contributed by atoms with Crippen LogP contribution in [0.3, 0.4) is 0 Å². The summed E-state index contributed by atoms with van der Waals surface area (Å²) in [5.41, 5.74) is 5.19. The standard InChI is InChI=1S/C12H17N3O4S.H2O/c1-6(16)9-7-4-8(20-3-2-14-5-13)10(12(18)19)15(7)11(9)17;/h5-7,9,16H,2-4H2,1H3,(H2,13,14)(H,18,19);1H2/t6?,7-,9?;/m1./s1. The maximum Gasteiger partial charge on any atom is 0.353 e. The van der Waals surface area contributed by atoms with Gasteiger partial charge >= 0.3 is 5.97 Å². The van der Waals surface area contributed by atoms with E-state index in [0.717, 1.165) is 0 Å². The van der Waals surface area contributed by atoms with E-state index in [1.54, 1.807) is 6.92 Å². The lowest BCUT2D eigenvalue weighted by molar-refractivity contribution is -0.161. The van der Waals surface area contributed by atoms with Crippen molar-refractivity contribution in [3.8, 4) is 0 Å². The van der Waals surface area contributed by atoms with Crippen LogP contribution >= 0.6 is 11.8 Å². The molecule has 3 atom stereocenters. The summed E-state index contributed by atoms with van der Waals surface area (Å²) in [6.07, 6.45) is 0.937. The summed E-state index contributed by atoms with van der Waals surface area (Å²) in [5.74, 6) is -1.30. The lowest BCUT2D eigenvalue weighted by Crippen LogP contribution is -2.61. The number of aliphatic hydroxyl groups excluding tert-OH is 1. The number of carboxylic acid groups (broad SMARTS) is 1. The molecule has 8 nitrogen and oxygen atoms in total. The average Bonchev–Trinajstić information content (AvgIpc) is 2.69. The van der Waals surface area contributed by atoms with Gasteiger partial charge in [0.25, 0.3) is 0 Å². The van der Waals surface area contributed by atoms with Crippen LogP contribution in [0.1, 0.15) is 13.3 Å². The van der Waals surface area contributed by atoms with E-state index in [-0.39, 0.29) is 23.1 Å². The molecule has 2 aliphatic rings. The zero-order valence-electron chi connectivity index (χ0n) is 11.5. The van der Waals surface area contributed by atoms with Gasteiger partial charge in [-0.3, -0.25) is 9.79 Å². The fourth-order valence-corrected chi connectivity index (χ4v) is 3.71. The second-order valence-electron chi connectivity index (χ2n) is 4.73. The zero-order valence-corrected chi connectivity index (χ0v) is 12.3. The molecule has 118 valence electrons. The Kier molecular flexibility index (Phi) is 5.76. The van der Waals surface area contributed by atoms with Crippen LogP contribution in [0.4, 0.5) is 0 Å². The largest absolute Gasteiger partial charge is 0.477 e. The Morgan fingerprint density at radius 1 is 1.67 bits per heavy atom. The van der Waals surface area contributed by atoms with Crippen molar-refractivity contribution >= 4 is 30.0 Å². The molecule has 21 heavy (non-hydrogen) atoms. The van der Waals surface area contributed by atoms with Gasteiger partial charge in [0.05, 0.1) is 30.9 Å². The van der Waals surface area contributed by atoms with Crippen molar-refractivity contribution in [1.82, 2.24) is 4.90 Å². The zero-order chi connectivity index (χ0) is 14.9. The number of β-lactam (4-membered cyclic amide) rings is 1. The van der Waals surface area contributed by atoms with Crippen LogP contribution in [0.2, 0.25) is 0 Å². The molecule has 2 heterocycles. The number of carboxylic acids is 1. The number of carbonyl (C=O) groups excluding carboxylic acids is 1. The first-order chi connectivity index (χ1) is 9.49. The Labute approximate surface area is 126 Å². The molecule has 0 radical (unpaired) electrons. The van der Waals surface area contributed by atoms with Crippen LogP contribution in [-0.4, -0.2) is 63.2 Å². The van der Waals surface area contributed by atoms with Gasteiger partial charge in [0.2, 0.25) is 5.91 Å². The number of rotatable bonds is 6. The Bertz CT molecular complexity index is 491. The van der Waals surface area contributed by atoms with Crippen molar-refractivity contribution in [1.29, 1.82) is 0 Å². The van der Waals surface area contributed by atoms with Crippen LogP contribution in [0.5, 0.6) is 0 Å². The molecular formula is C12H19N3O5S. The third kappa shape index (κ3) is 3.04. The molecule has 6 N–H and O–H groups in total. The molecule has 1 amide bonds. The van der Waals surface area contributed by atoms with Crippen LogP contribution < -0.4 is 5.73 Å². The first kappa shape index (κ1) is 17.5. The number of hydrogen-bond donors (Lipinski definition) is 3. The maximum absolute atomic E-state index is 11.9. The van der Waals surface area contributed by atoms with E-state index >= 15 is 0 Å². The van der Waals surface area contributed by atoms with E-state index in [1.807, 2.05) is 0 Å². The molecule has 0 aromatic heterocycles. The van der Waals surface area contributed by atoms with E-state index in [2.05, 4.69) is 4.99 Å². The monoisotopic (exact) mass is 317 g/mol. The molecule has 2 rings (SSSR count). The summed E-state index contributed by atoms with van der Waals surface area (Å²) in [7, 11) is 0. The highest BCUT2D eigenvalue weighted by atomic mass is 32.2. The summed E-state index contributed by atoms with van der Waals surface area (Å²) in [4.78, 5) is 29.1. The van der Waals surface area contributed by atoms with Crippen molar-refractivity contribution in [2.45, 2.75) is 25.5 Å². The highest BCUT2D eigenvalue weighted by Gasteiger charge is 2.56. The Morgan fingerprint density at radius 3 is 2.86 bits per heavy atom. The molecule has 2 unspecified atom stereocenters. The fourth-order valence-electron chi connectivity index (χ4n) is 2.66. The van der Waals surface area contributed by atoms with Gasteiger partial charge in [0.1, 0.15) is 5.70 Å². The van der Waals surface area contributed by atoms with Crippen LogP contribution in [-0.2, 0) is 9.59 Å². The number of aliphatic carboxylic acids is 1. The Morgan fingerprint density at radius 2 is 2.33 bits per heavy atom. The van der Waals surface area contributed by atoms with Crippen molar-refractivity contribution in [2.75, 3.05) is 12.3 Å². The van der Waals surface area contributed by atoms with Crippen molar-refractivity contribution in [3.05, 3.63) is 10.6 Å². The lowest BCUT2D eigenvalue weighted by Gasteiger charge is -2.44. The van der Waals surface area contributed by atoms with E-state index in [0.29, 0.717) is 23.6 Å². The SMILES string of the molecule is CC(O)C1C(=O)N2C(C(=O)O)=C(SCCN=CN)C[C@H]12.O. The number of fused-ring (bicyclic) bond motifs is 1. The molecular weight excluding hydrogens is 298 g/mol. The number of thioether (sulfide) groups is 1. The molecule has 2 aliphatic heterocycles. The van der Waals surface area contributed by atoms with E-state index in [1.165, 1.54) is 23.0 Å². The van der Waals surface area contributed by atoms with Crippen molar-refractivity contribution < 1.29 is 25.3 Å². The predicted molar refractivity (Wildman–Crippen MR) is 78.7 cm³/mol. The minimum Gasteiger partial charge on any atom is -0.477 e. The highest BCUT2D eigenvalue weighted by molar-refractivity contribution is 8.03. The molecule has 0 aliphatic carbocycles. The van der Waals surface area contributed by atoms with Crippen molar-refractivity contribution in [2.24, 2.45) is 16.6 Å². The second-order valence-corrected chi connectivity index (χ2v) is 5.92. The molecule has 1 fully saturated rings. The first-order valence-electron chi connectivity index (χ1n) is 6.29. The second kappa shape index (κ2) is 6.92. The van der Waals surface area contributed by atoms with Gasteiger partial charge in [-0.15, -0.1) is 11.8 Å². The minimum absolute atomic E-state index is 0. The van der Waals surface area contributed by atoms with Crippen molar-refractivity contribution in [3.63, 3.8) is 0 Å². The predicted octanol–water partition coefficient (Wildman–Crippen LogP) is -1.21. The number of aliphatic hydroxyl groups is 1. The molecule has 0 bridgehead atoms. The molecule has 0 aromatic rings. The average molecular weight is 317 g/mol. The molecule has 0 aromatic carbocycles. The van der Waals surface area contributed by atoms with Gasteiger partial charge in [-0.25, -0.2) is 4.79 Å². The normalized spacial score (nSPS) is 25.6. The Balaban J connectivity index is 0.00000220. The van der Waals surface area contributed by atoms with E-state index in [4.69, 9.17) is 5.73 Å². The third-order valence-electron chi connectivity index (χ3n) is 3.49. The number of amides is 1. The summed E-state index contributed by atoms with van der Waals surface area (Å²) >= 11 is 1.38. The van der Waals surface area contributed by atoms with E-state index in [9.17, 15) is 19.8 Å². The van der Waals surface area contributed by atoms with Crippen LogP contribution in [0.25, 0.3) is 0 Å². The molecule has 1 saturated heterocycles. The van der Waals surface area contributed by atoms with Gasteiger partial charge in [0.15, 0.2) is 0 Å². The quantitative estimate of drug-likeness (QED) is 0.242. The maximum atomic E-state index is 11.9. The molecule has 0 spiro atoms. The summed E-state index contributed by atoms with van der Waals surface area (Å²) in [5, 5.41) is 18.9. The van der Waals surface area contributed by atoms with Gasteiger partial charge < -0.3 is 26.3 Å². The molecule has 9 heteroatoms. The third-order valence-corrected chi connectivity index (χ3v) is 4.59. The highest BCUT2D eigenvalue weighted by Crippen LogP contribution is 2.46. The van der Waals surface area contributed by atoms with Gasteiger partial charge in [-0.1, -0.05) is 0 Å². The lowest BCUT2D eigenvalue weighted by atomic mass is 9.83. The number of carbonyl (C=O) groups is 2. The Hall–Kier alpha value is -1.58. The summed E-state index contributed by atoms with van der Waals surface area (Å²) in [6, 6.07) is -0.228. The van der Waals surface area contributed by atoms with E-state index < -0.39 is 18.0 Å². The smallest absolute Gasteiger partial charge is 0.353 e. The van der Waals surface area contributed by atoms with Gasteiger partial charge in [-0.2, -0.15) is 0 Å². The summed E-state index contributed by atoms with van der Waals surface area (Å²) < 4.78 is 0. The van der Waals surface area contributed by atoms with Gasteiger partial charge in [-0.05, 0) is 6.92 Å². The first-order valence-corrected chi connectivity index (χ1v) is 7.28.